The Morgan fingerprint density at radius 1 is 1.29 bits per heavy atom. The summed E-state index contributed by atoms with van der Waals surface area (Å²) in [5.74, 6) is 0.498. The summed E-state index contributed by atoms with van der Waals surface area (Å²) in [5.41, 5.74) is 3.09. The Bertz CT molecular complexity index is 935. The number of carbonyl (C=O) groups is 1. The first-order chi connectivity index (χ1) is 13.7. The number of aromatic nitrogens is 5. The van der Waals surface area contributed by atoms with E-state index in [9.17, 15) is 4.79 Å². The molecule has 1 aliphatic heterocycles. The molecule has 1 aromatic carbocycles. The van der Waals surface area contributed by atoms with Crippen LogP contribution in [0.1, 0.15) is 24.3 Å². The number of hydrogen-bond acceptors (Lipinski definition) is 8. The standard InChI is InChI=1S/C18H21N7O2S/c1-13-8-14(24-6-2-3-7-24)4-5-15(13)21-16(26)10-28-18-23-22-17(27-18)9-25-12-19-11-20-25/h4-5,8,11-12H,2-3,6-7,9-10H2,1H3,(H,21,26). The summed E-state index contributed by atoms with van der Waals surface area (Å²) in [6.07, 6.45) is 5.49. The van der Waals surface area contributed by atoms with E-state index in [4.69, 9.17) is 4.42 Å². The summed E-state index contributed by atoms with van der Waals surface area (Å²) >= 11 is 1.20. The fourth-order valence-corrected chi connectivity index (χ4v) is 3.67. The van der Waals surface area contributed by atoms with Crippen molar-refractivity contribution in [3.8, 4) is 0 Å². The predicted octanol–water partition coefficient (Wildman–Crippen LogP) is 2.35. The average molecular weight is 399 g/mol. The molecule has 0 atom stereocenters. The molecule has 3 heterocycles. The van der Waals surface area contributed by atoms with Gasteiger partial charge in [-0.3, -0.25) is 4.79 Å². The maximum atomic E-state index is 12.3. The zero-order chi connectivity index (χ0) is 19.3. The van der Waals surface area contributed by atoms with Gasteiger partial charge in [0.25, 0.3) is 5.22 Å². The summed E-state index contributed by atoms with van der Waals surface area (Å²) in [5, 5.41) is 15.2. The average Bonchev–Trinajstić information content (AvgIpc) is 3.45. The van der Waals surface area contributed by atoms with Crippen LogP contribution in [-0.4, -0.2) is 49.7 Å². The van der Waals surface area contributed by atoms with Crippen LogP contribution in [0.25, 0.3) is 0 Å². The van der Waals surface area contributed by atoms with Gasteiger partial charge in [0.2, 0.25) is 11.8 Å². The van der Waals surface area contributed by atoms with Gasteiger partial charge in [-0.15, -0.1) is 10.2 Å². The molecule has 10 heteroatoms. The molecule has 0 aliphatic carbocycles. The van der Waals surface area contributed by atoms with Gasteiger partial charge in [-0.25, -0.2) is 9.67 Å². The summed E-state index contributed by atoms with van der Waals surface area (Å²) in [6, 6.07) is 6.16. The molecule has 1 saturated heterocycles. The highest BCUT2D eigenvalue weighted by Gasteiger charge is 2.14. The molecule has 28 heavy (non-hydrogen) atoms. The third-order valence-electron chi connectivity index (χ3n) is 4.49. The molecular weight excluding hydrogens is 378 g/mol. The van der Waals surface area contributed by atoms with Crippen LogP contribution in [0.5, 0.6) is 0 Å². The summed E-state index contributed by atoms with van der Waals surface area (Å²) < 4.78 is 7.11. The first-order valence-electron chi connectivity index (χ1n) is 9.10. The van der Waals surface area contributed by atoms with Crippen molar-refractivity contribution in [3.05, 3.63) is 42.3 Å². The van der Waals surface area contributed by atoms with Crippen LogP contribution >= 0.6 is 11.8 Å². The molecule has 1 fully saturated rings. The van der Waals surface area contributed by atoms with E-state index in [1.807, 2.05) is 13.0 Å². The lowest BCUT2D eigenvalue weighted by atomic mass is 10.1. The van der Waals surface area contributed by atoms with E-state index in [0.29, 0.717) is 17.7 Å². The van der Waals surface area contributed by atoms with Crippen molar-refractivity contribution in [3.63, 3.8) is 0 Å². The van der Waals surface area contributed by atoms with Gasteiger partial charge in [-0.2, -0.15) is 5.10 Å². The zero-order valence-electron chi connectivity index (χ0n) is 15.5. The molecule has 0 radical (unpaired) electrons. The Kier molecular flexibility index (Phi) is 5.56. The Morgan fingerprint density at radius 3 is 2.89 bits per heavy atom. The minimum Gasteiger partial charge on any atom is -0.414 e. The number of anilines is 2. The number of nitrogens with zero attached hydrogens (tertiary/aromatic N) is 6. The maximum Gasteiger partial charge on any atom is 0.277 e. The molecule has 1 amide bonds. The molecule has 0 unspecified atom stereocenters. The highest BCUT2D eigenvalue weighted by molar-refractivity contribution is 7.99. The maximum absolute atomic E-state index is 12.3. The molecule has 0 saturated carbocycles. The van der Waals surface area contributed by atoms with E-state index in [-0.39, 0.29) is 11.7 Å². The normalized spacial score (nSPS) is 13.8. The summed E-state index contributed by atoms with van der Waals surface area (Å²) in [6.45, 7) is 4.56. The number of thioether (sulfide) groups is 1. The number of nitrogens with one attached hydrogen (secondary N) is 1. The number of carbonyl (C=O) groups excluding carboxylic acids is 1. The molecule has 1 N–H and O–H groups in total. The third-order valence-corrected chi connectivity index (χ3v) is 5.31. The van der Waals surface area contributed by atoms with Crippen LogP contribution in [0.3, 0.4) is 0 Å². The molecular formula is C18H21N7O2S. The van der Waals surface area contributed by atoms with Crippen molar-refractivity contribution in [1.82, 2.24) is 25.0 Å². The van der Waals surface area contributed by atoms with Gasteiger partial charge in [-0.1, -0.05) is 11.8 Å². The van der Waals surface area contributed by atoms with Crippen LogP contribution in [0.15, 0.2) is 40.5 Å². The van der Waals surface area contributed by atoms with Crippen LogP contribution in [0, 0.1) is 6.92 Å². The molecule has 4 rings (SSSR count). The van der Waals surface area contributed by atoms with E-state index in [1.165, 1.54) is 36.6 Å². The van der Waals surface area contributed by atoms with E-state index < -0.39 is 0 Å². The first-order valence-corrected chi connectivity index (χ1v) is 10.1. The highest BCUT2D eigenvalue weighted by atomic mass is 32.2. The van der Waals surface area contributed by atoms with Crippen molar-refractivity contribution in [2.75, 3.05) is 29.1 Å². The number of benzene rings is 1. The molecule has 0 bridgehead atoms. The molecule has 1 aliphatic rings. The Hall–Kier alpha value is -2.88. The lowest BCUT2D eigenvalue weighted by molar-refractivity contribution is -0.113. The monoisotopic (exact) mass is 399 g/mol. The fraction of sp³-hybridized carbons (Fsp3) is 0.389. The van der Waals surface area contributed by atoms with Gasteiger partial charge in [0, 0.05) is 24.5 Å². The van der Waals surface area contributed by atoms with Crippen molar-refractivity contribution in [2.24, 2.45) is 0 Å². The van der Waals surface area contributed by atoms with Crippen LogP contribution < -0.4 is 10.2 Å². The van der Waals surface area contributed by atoms with Gasteiger partial charge >= 0.3 is 0 Å². The zero-order valence-corrected chi connectivity index (χ0v) is 16.4. The first kappa shape index (κ1) is 18.5. The smallest absolute Gasteiger partial charge is 0.277 e. The Labute approximate surface area is 166 Å². The van der Waals surface area contributed by atoms with Crippen molar-refractivity contribution >= 4 is 29.0 Å². The number of amides is 1. The summed E-state index contributed by atoms with van der Waals surface area (Å²) in [4.78, 5) is 18.5. The Balaban J connectivity index is 1.29. The molecule has 9 nitrogen and oxygen atoms in total. The van der Waals surface area contributed by atoms with Gasteiger partial charge in [0.15, 0.2) is 0 Å². The van der Waals surface area contributed by atoms with Crippen LogP contribution in [0.4, 0.5) is 11.4 Å². The van der Waals surface area contributed by atoms with E-state index >= 15 is 0 Å². The second-order valence-electron chi connectivity index (χ2n) is 6.58. The minimum absolute atomic E-state index is 0.113. The minimum atomic E-state index is -0.113. The van der Waals surface area contributed by atoms with Crippen molar-refractivity contribution in [2.45, 2.75) is 31.5 Å². The van der Waals surface area contributed by atoms with E-state index in [1.54, 1.807) is 11.0 Å². The van der Waals surface area contributed by atoms with E-state index in [0.717, 1.165) is 24.3 Å². The van der Waals surface area contributed by atoms with Gasteiger partial charge in [-0.05, 0) is 43.5 Å². The van der Waals surface area contributed by atoms with Crippen LogP contribution in [0.2, 0.25) is 0 Å². The SMILES string of the molecule is Cc1cc(N2CCCC2)ccc1NC(=O)CSc1nnc(Cn2cncn2)o1. The van der Waals surface area contributed by atoms with Crippen LogP contribution in [-0.2, 0) is 11.3 Å². The van der Waals surface area contributed by atoms with Gasteiger partial charge < -0.3 is 14.6 Å². The lowest BCUT2D eigenvalue weighted by Gasteiger charge is -2.19. The van der Waals surface area contributed by atoms with Gasteiger partial charge in [0.1, 0.15) is 19.2 Å². The molecule has 0 spiro atoms. The Morgan fingerprint density at radius 2 is 2.14 bits per heavy atom. The van der Waals surface area contributed by atoms with E-state index in [2.05, 4.69) is 42.6 Å². The second kappa shape index (κ2) is 8.42. The van der Waals surface area contributed by atoms with Crippen molar-refractivity contribution in [1.29, 1.82) is 0 Å². The third kappa shape index (κ3) is 4.50. The van der Waals surface area contributed by atoms with Crippen molar-refractivity contribution < 1.29 is 9.21 Å². The lowest BCUT2D eigenvalue weighted by Crippen LogP contribution is -2.18. The number of rotatable bonds is 7. The number of hydrogen-bond donors (Lipinski definition) is 1. The van der Waals surface area contributed by atoms with Gasteiger partial charge in [0.05, 0.1) is 5.75 Å². The molecule has 146 valence electrons. The molecule has 3 aromatic rings. The summed E-state index contributed by atoms with van der Waals surface area (Å²) in [7, 11) is 0. The fourth-order valence-electron chi connectivity index (χ4n) is 3.09. The second-order valence-corrected chi connectivity index (χ2v) is 7.51. The largest absolute Gasteiger partial charge is 0.414 e. The predicted molar refractivity (Wildman–Crippen MR) is 105 cm³/mol. The molecule has 2 aromatic heterocycles. The quantitative estimate of drug-likeness (QED) is 0.604. The topological polar surface area (TPSA) is 102 Å². The number of aryl methyl sites for hydroxylation is 1. The highest BCUT2D eigenvalue weighted by Crippen LogP contribution is 2.26.